The smallest absolute Gasteiger partial charge is 0.340 e. The number of rotatable bonds is 2. The number of carbonyl (C=O) groups is 2. The summed E-state index contributed by atoms with van der Waals surface area (Å²) < 4.78 is 18.4. The molecule has 1 atom stereocenters. The quantitative estimate of drug-likeness (QED) is 0.785. The molecule has 0 radical (unpaired) electrons. The van der Waals surface area contributed by atoms with E-state index in [1.54, 1.807) is 0 Å². The van der Waals surface area contributed by atoms with E-state index in [2.05, 4.69) is 4.74 Å². The molecular weight excluding hydrogens is 239 g/mol. The lowest BCUT2D eigenvalue weighted by Crippen LogP contribution is -2.30. The van der Waals surface area contributed by atoms with Crippen molar-refractivity contribution in [2.75, 3.05) is 18.6 Å². The number of hydrogen-bond acceptors (Lipinski definition) is 4. The van der Waals surface area contributed by atoms with E-state index in [0.29, 0.717) is 0 Å². The minimum absolute atomic E-state index is 0.0277. The molecule has 0 aliphatic carbocycles. The molecule has 1 saturated heterocycles. The fourth-order valence-corrected chi connectivity index (χ4v) is 2.02. The molecule has 1 aliphatic rings. The summed E-state index contributed by atoms with van der Waals surface area (Å²) in [7, 11) is 1.20. The number of carbonyl (C=O) groups excluding carboxylic acids is 2. The van der Waals surface area contributed by atoms with Gasteiger partial charge in [-0.15, -0.1) is 0 Å². The van der Waals surface area contributed by atoms with Gasteiger partial charge in [0.25, 0.3) is 0 Å². The number of benzene rings is 1. The van der Waals surface area contributed by atoms with Crippen LogP contribution in [-0.4, -0.2) is 31.6 Å². The first kappa shape index (κ1) is 12.5. The van der Waals surface area contributed by atoms with Crippen molar-refractivity contribution in [2.24, 2.45) is 5.73 Å². The first-order valence-electron chi connectivity index (χ1n) is 5.47. The van der Waals surface area contributed by atoms with E-state index in [-0.39, 0.29) is 36.2 Å². The number of hydrogen-bond donors (Lipinski definition) is 1. The Kier molecular flexibility index (Phi) is 3.29. The summed E-state index contributed by atoms with van der Waals surface area (Å²) in [5.74, 6) is -1.61. The standard InChI is InChI=1S/C12H13FN2O3/c1-18-12(17)8-3-2-4-9(13)11(8)15-6-7(14)5-10(15)16/h2-4,7H,5-6,14H2,1H3. The molecule has 1 aliphatic heterocycles. The minimum Gasteiger partial charge on any atom is -0.465 e. The topological polar surface area (TPSA) is 72.6 Å². The molecule has 1 amide bonds. The van der Waals surface area contributed by atoms with Gasteiger partial charge in [-0.2, -0.15) is 0 Å². The van der Waals surface area contributed by atoms with Crippen molar-refractivity contribution in [1.29, 1.82) is 0 Å². The molecule has 0 spiro atoms. The zero-order chi connectivity index (χ0) is 13.3. The second-order valence-corrected chi connectivity index (χ2v) is 4.10. The third-order valence-electron chi connectivity index (χ3n) is 2.82. The molecule has 5 nitrogen and oxygen atoms in total. The SMILES string of the molecule is COC(=O)c1cccc(F)c1N1CC(N)CC1=O. The van der Waals surface area contributed by atoms with E-state index in [9.17, 15) is 14.0 Å². The zero-order valence-electron chi connectivity index (χ0n) is 9.85. The number of para-hydroxylation sites is 1. The van der Waals surface area contributed by atoms with Crippen molar-refractivity contribution in [3.05, 3.63) is 29.6 Å². The summed E-state index contributed by atoms with van der Waals surface area (Å²) in [5.41, 5.74) is 5.63. The molecule has 96 valence electrons. The van der Waals surface area contributed by atoms with Gasteiger partial charge in [0.15, 0.2) is 0 Å². The zero-order valence-corrected chi connectivity index (χ0v) is 9.85. The van der Waals surface area contributed by atoms with Crippen LogP contribution in [0.25, 0.3) is 0 Å². The molecule has 0 bridgehead atoms. The molecule has 1 fully saturated rings. The maximum Gasteiger partial charge on any atom is 0.340 e. The van der Waals surface area contributed by atoms with E-state index in [0.717, 1.165) is 0 Å². The molecule has 6 heteroatoms. The van der Waals surface area contributed by atoms with Gasteiger partial charge in [0.1, 0.15) is 5.82 Å². The minimum atomic E-state index is -0.683. The Morgan fingerprint density at radius 2 is 2.28 bits per heavy atom. The first-order valence-corrected chi connectivity index (χ1v) is 5.47. The van der Waals surface area contributed by atoms with E-state index in [4.69, 9.17) is 5.73 Å². The van der Waals surface area contributed by atoms with Gasteiger partial charge in [0, 0.05) is 19.0 Å². The van der Waals surface area contributed by atoms with Crippen LogP contribution in [0.1, 0.15) is 16.8 Å². The van der Waals surface area contributed by atoms with E-state index >= 15 is 0 Å². The van der Waals surface area contributed by atoms with Crippen molar-refractivity contribution in [3.8, 4) is 0 Å². The Bertz CT molecular complexity index is 504. The molecule has 18 heavy (non-hydrogen) atoms. The molecule has 1 aromatic rings. The molecule has 1 unspecified atom stereocenters. The van der Waals surface area contributed by atoms with Crippen molar-refractivity contribution in [3.63, 3.8) is 0 Å². The Balaban J connectivity index is 2.49. The van der Waals surface area contributed by atoms with Crippen LogP contribution in [0, 0.1) is 5.82 Å². The Morgan fingerprint density at radius 1 is 1.56 bits per heavy atom. The van der Waals surface area contributed by atoms with Gasteiger partial charge in [0.2, 0.25) is 5.91 Å². The third kappa shape index (κ3) is 2.06. The number of nitrogens with two attached hydrogens (primary N) is 1. The van der Waals surface area contributed by atoms with Crippen LogP contribution in [0.4, 0.5) is 10.1 Å². The van der Waals surface area contributed by atoms with Gasteiger partial charge in [-0.05, 0) is 12.1 Å². The lowest BCUT2D eigenvalue weighted by Gasteiger charge is -2.19. The predicted molar refractivity (Wildman–Crippen MR) is 62.7 cm³/mol. The average Bonchev–Trinajstić information content (AvgIpc) is 2.67. The van der Waals surface area contributed by atoms with Crippen LogP contribution in [0.5, 0.6) is 0 Å². The van der Waals surface area contributed by atoms with Crippen LogP contribution in [0.2, 0.25) is 0 Å². The lowest BCUT2D eigenvalue weighted by atomic mass is 10.1. The number of halogens is 1. The second-order valence-electron chi connectivity index (χ2n) is 4.10. The summed E-state index contributed by atoms with van der Waals surface area (Å²) in [6.45, 7) is 0.198. The van der Waals surface area contributed by atoms with Crippen LogP contribution in [0.15, 0.2) is 18.2 Å². The molecule has 0 aromatic heterocycles. The maximum absolute atomic E-state index is 13.9. The van der Waals surface area contributed by atoms with Gasteiger partial charge in [-0.1, -0.05) is 6.07 Å². The fourth-order valence-electron chi connectivity index (χ4n) is 2.02. The Labute approximate surface area is 103 Å². The largest absolute Gasteiger partial charge is 0.465 e. The predicted octanol–water partition coefficient (Wildman–Crippen LogP) is 0.676. The summed E-state index contributed by atoms with van der Waals surface area (Å²) >= 11 is 0. The van der Waals surface area contributed by atoms with E-state index in [1.807, 2.05) is 0 Å². The number of amides is 1. The molecule has 2 N–H and O–H groups in total. The molecule has 1 heterocycles. The van der Waals surface area contributed by atoms with Crippen LogP contribution < -0.4 is 10.6 Å². The van der Waals surface area contributed by atoms with Crippen molar-refractivity contribution in [2.45, 2.75) is 12.5 Å². The number of ether oxygens (including phenoxy) is 1. The lowest BCUT2D eigenvalue weighted by molar-refractivity contribution is -0.117. The van der Waals surface area contributed by atoms with Crippen molar-refractivity contribution in [1.82, 2.24) is 0 Å². The third-order valence-corrected chi connectivity index (χ3v) is 2.82. The highest BCUT2D eigenvalue weighted by molar-refractivity contribution is 6.04. The molecule has 2 rings (SSSR count). The molecule has 0 saturated carbocycles. The number of methoxy groups -OCH3 is 1. The van der Waals surface area contributed by atoms with Crippen LogP contribution in [-0.2, 0) is 9.53 Å². The molecular formula is C12H13FN2O3. The van der Waals surface area contributed by atoms with Crippen LogP contribution >= 0.6 is 0 Å². The number of esters is 1. The summed E-state index contributed by atoms with van der Waals surface area (Å²) in [5, 5.41) is 0. The van der Waals surface area contributed by atoms with E-state index in [1.165, 1.54) is 30.2 Å². The van der Waals surface area contributed by atoms with Gasteiger partial charge in [-0.3, -0.25) is 4.79 Å². The highest BCUT2D eigenvalue weighted by atomic mass is 19.1. The van der Waals surface area contributed by atoms with Gasteiger partial charge in [-0.25, -0.2) is 9.18 Å². The van der Waals surface area contributed by atoms with Gasteiger partial charge < -0.3 is 15.4 Å². The second kappa shape index (κ2) is 4.73. The van der Waals surface area contributed by atoms with Gasteiger partial charge in [0.05, 0.1) is 18.4 Å². The highest BCUT2D eigenvalue weighted by Crippen LogP contribution is 2.28. The molecule has 1 aromatic carbocycles. The van der Waals surface area contributed by atoms with Crippen molar-refractivity contribution >= 4 is 17.6 Å². The van der Waals surface area contributed by atoms with Crippen LogP contribution in [0.3, 0.4) is 0 Å². The van der Waals surface area contributed by atoms with Crippen molar-refractivity contribution < 1.29 is 18.7 Å². The Morgan fingerprint density at radius 3 is 2.83 bits per heavy atom. The summed E-state index contributed by atoms with van der Waals surface area (Å²) in [6.07, 6.45) is 0.148. The average molecular weight is 252 g/mol. The number of nitrogens with zero attached hydrogens (tertiary/aromatic N) is 1. The fraction of sp³-hybridized carbons (Fsp3) is 0.333. The number of anilines is 1. The van der Waals surface area contributed by atoms with Gasteiger partial charge >= 0.3 is 5.97 Å². The normalized spacial score (nSPS) is 19.2. The first-order chi connectivity index (χ1) is 8.54. The maximum atomic E-state index is 13.9. The van der Waals surface area contributed by atoms with E-state index < -0.39 is 11.8 Å². The highest BCUT2D eigenvalue weighted by Gasteiger charge is 2.32. The monoisotopic (exact) mass is 252 g/mol. The summed E-state index contributed by atoms with van der Waals surface area (Å²) in [4.78, 5) is 24.5. The Hall–Kier alpha value is -1.95. The summed E-state index contributed by atoms with van der Waals surface area (Å²) in [6, 6.07) is 3.66.